The van der Waals surface area contributed by atoms with Crippen LogP contribution in [0.1, 0.15) is 24.2 Å². The Hall–Kier alpha value is -3.07. The lowest BCUT2D eigenvalue weighted by Gasteiger charge is -2.15. The molecule has 28 heavy (non-hydrogen) atoms. The zero-order valence-electron chi connectivity index (χ0n) is 15.8. The van der Waals surface area contributed by atoms with Gasteiger partial charge in [0, 0.05) is 5.69 Å². The van der Waals surface area contributed by atoms with Gasteiger partial charge in [0.25, 0.3) is 5.91 Å². The van der Waals surface area contributed by atoms with Crippen molar-refractivity contribution in [3.05, 3.63) is 54.1 Å². The van der Waals surface area contributed by atoms with Crippen LogP contribution in [0.2, 0.25) is 0 Å². The molecular formula is C19H22N2O6S. The minimum atomic E-state index is -3.57. The molecule has 0 unspecified atom stereocenters. The summed E-state index contributed by atoms with van der Waals surface area (Å²) in [6.07, 6.45) is -0.118. The molecule has 8 nitrogen and oxygen atoms in total. The molecule has 0 radical (unpaired) electrons. The minimum Gasteiger partial charge on any atom is -0.494 e. The molecule has 2 aromatic carbocycles. The monoisotopic (exact) mass is 406 g/mol. The van der Waals surface area contributed by atoms with Crippen molar-refractivity contribution in [1.29, 1.82) is 0 Å². The van der Waals surface area contributed by atoms with Crippen molar-refractivity contribution in [1.82, 2.24) is 0 Å². The fraction of sp³-hybridized carbons (Fsp3) is 0.263. The molecule has 0 heterocycles. The third kappa shape index (κ3) is 6.27. The predicted octanol–water partition coefficient (Wildman–Crippen LogP) is 2.64. The highest BCUT2D eigenvalue weighted by Gasteiger charge is 2.21. The topological polar surface area (TPSA) is 111 Å². The molecule has 0 fully saturated rings. The Balaban J connectivity index is 2.03. The van der Waals surface area contributed by atoms with E-state index in [1.54, 1.807) is 36.4 Å². The van der Waals surface area contributed by atoms with Crippen molar-refractivity contribution in [2.24, 2.45) is 0 Å². The molecule has 0 aliphatic rings. The Bertz CT molecular complexity index is 941. The quantitative estimate of drug-likeness (QED) is 0.652. The van der Waals surface area contributed by atoms with Crippen molar-refractivity contribution < 1.29 is 27.5 Å². The van der Waals surface area contributed by atoms with E-state index in [2.05, 4.69) is 10.0 Å². The zero-order chi connectivity index (χ0) is 20.7. The van der Waals surface area contributed by atoms with Crippen molar-refractivity contribution in [3.8, 4) is 5.75 Å². The highest BCUT2D eigenvalue weighted by atomic mass is 32.2. The first kappa shape index (κ1) is 21.2. The van der Waals surface area contributed by atoms with Gasteiger partial charge in [-0.15, -0.1) is 0 Å². The third-order valence-electron chi connectivity index (χ3n) is 3.53. The van der Waals surface area contributed by atoms with E-state index in [0.717, 1.165) is 6.26 Å². The number of sulfonamides is 1. The number of carbonyl (C=O) groups is 2. The Morgan fingerprint density at radius 3 is 2.32 bits per heavy atom. The molecule has 0 spiro atoms. The number of nitrogens with one attached hydrogen (secondary N) is 2. The van der Waals surface area contributed by atoms with Crippen molar-refractivity contribution in [2.75, 3.05) is 22.9 Å². The fourth-order valence-corrected chi connectivity index (χ4v) is 2.85. The van der Waals surface area contributed by atoms with Crippen LogP contribution in [0.25, 0.3) is 0 Å². The van der Waals surface area contributed by atoms with Crippen molar-refractivity contribution >= 4 is 33.3 Å². The van der Waals surface area contributed by atoms with Crippen LogP contribution in [0.15, 0.2) is 48.5 Å². The lowest BCUT2D eigenvalue weighted by molar-refractivity contribution is -0.123. The van der Waals surface area contributed by atoms with Gasteiger partial charge in [-0.2, -0.15) is 0 Å². The molecule has 2 N–H and O–H groups in total. The molecule has 9 heteroatoms. The second-order valence-corrected chi connectivity index (χ2v) is 7.66. The molecule has 2 rings (SSSR count). The summed E-state index contributed by atoms with van der Waals surface area (Å²) in [7, 11) is -3.57. The number of esters is 1. The number of amides is 1. The van der Waals surface area contributed by atoms with Gasteiger partial charge in [-0.1, -0.05) is 12.1 Å². The lowest BCUT2D eigenvalue weighted by Crippen LogP contribution is -2.30. The van der Waals surface area contributed by atoms with Crippen LogP contribution in [-0.4, -0.2) is 39.3 Å². The maximum Gasteiger partial charge on any atom is 0.341 e. The minimum absolute atomic E-state index is 0.00800. The van der Waals surface area contributed by atoms with Gasteiger partial charge in [0.05, 0.1) is 24.1 Å². The molecular weight excluding hydrogens is 384 g/mol. The largest absolute Gasteiger partial charge is 0.494 e. The Morgan fingerprint density at radius 1 is 1.07 bits per heavy atom. The van der Waals surface area contributed by atoms with Gasteiger partial charge >= 0.3 is 5.97 Å². The van der Waals surface area contributed by atoms with Gasteiger partial charge < -0.3 is 14.8 Å². The molecule has 1 atom stereocenters. The van der Waals surface area contributed by atoms with Crippen LogP contribution >= 0.6 is 0 Å². The standard InChI is InChI=1S/C19H22N2O6S/c1-4-26-15-11-9-14(10-12-15)20-18(22)13(2)27-19(23)16-7-5-6-8-17(16)21-28(3,24)25/h5-13,21H,4H2,1-3H3,(H,20,22)/t13-/m1/s1. The Kier molecular flexibility index (Phi) is 7.00. The first-order valence-electron chi connectivity index (χ1n) is 8.51. The summed E-state index contributed by atoms with van der Waals surface area (Å²) >= 11 is 0. The Morgan fingerprint density at radius 2 is 1.71 bits per heavy atom. The van der Waals surface area contributed by atoms with Gasteiger partial charge in [0.1, 0.15) is 5.75 Å². The van der Waals surface area contributed by atoms with Crippen LogP contribution in [0.3, 0.4) is 0 Å². The van der Waals surface area contributed by atoms with E-state index >= 15 is 0 Å². The third-order valence-corrected chi connectivity index (χ3v) is 4.12. The summed E-state index contributed by atoms with van der Waals surface area (Å²) in [5.41, 5.74) is 0.609. The summed E-state index contributed by atoms with van der Waals surface area (Å²) in [5.74, 6) is -0.665. The first-order chi connectivity index (χ1) is 13.2. The van der Waals surface area contributed by atoms with Gasteiger partial charge in [0.2, 0.25) is 10.0 Å². The number of hydrogen-bond acceptors (Lipinski definition) is 6. The van der Waals surface area contributed by atoms with E-state index in [-0.39, 0.29) is 11.3 Å². The molecule has 0 saturated heterocycles. The SMILES string of the molecule is CCOc1ccc(NC(=O)[C@@H](C)OC(=O)c2ccccc2NS(C)(=O)=O)cc1. The lowest BCUT2D eigenvalue weighted by atomic mass is 10.2. The predicted molar refractivity (Wildman–Crippen MR) is 106 cm³/mol. The van der Waals surface area contributed by atoms with E-state index in [9.17, 15) is 18.0 Å². The highest BCUT2D eigenvalue weighted by Crippen LogP contribution is 2.19. The maximum absolute atomic E-state index is 12.4. The normalized spacial score (nSPS) is 12.0. The number of para-hydroxylation sites is 1. The van der Waals surface area contributed by atoms with Crippen molar-refractivity contribution in [3.63, 3.8) is 0 Å². The molecule has 0 bridgehead atoms. The van der Waals surface area contributed by atoms with Gasteiger partial charge in [-0.3, -0.25) is 9.52 Å². The summed E-state index contributed by atoms with van der Waals surface area (Å²) in [6.45, 7) is 3.83. The number of hydrogen-bond donors (Lipinski definition) is 2. The van der Waals surface area contributed by atoms with Crippen LogP contribution < -0.4 is 14.8 Å². The molecule has 1 amide bonds. The fourth-order valence-electron chi connectivity index (χ4n) is 2.27. The average Bonchev–Trinajstić information content (AvgIpc) is 2.62. The second-order valence-electron chi connectivity index (χ2n) is 5.91. The first-order valence-corrected chi connectivity index (χ1v) is 10.4. The summed E-state index contributed by atoms with van der Waals surface area (Å²) < 4.78 is 35.6. The Labute approximate surface area is 163 Å². The van der Waals surface area contributed by atoms with Crippen LogP contribution in [0.4, 0.5) is 11.4 Å². The van der Waals surface area contributed by atoms with Gasteiger partial charge in [-0.05, 0) is 50.2 Å². The summed E-state index contributed by atoms with van der Waals surface area (Å²) in [5, 5.41) is 2.64. The number of ether oxygens (including phenoxy) is 2. The van der Waals surface area contributed by atoms with Crippen LogP contribution in [0, 0.1) is 0 Å². The number of anilines is 2. The molecule has 0 aromatic heterocycles. The molecule has 0 saturated carbocycles. The van der Waals surface area contributed by atoms with E-state index < -0.39 is 28.0 Å². The zero-order valence-corrected chi connectivity index (χ0v) is 16.6. The van der Waals surface area contributed by atoms with Gasteiger partial charge in [-0.25, -0.2) is 13.2 Å². The van der Waals surface area contributed by atoms with Crippen LogP contribution in [0.5, 0.6) is 5.75 Å². The highest BCUT2D eigenvalue weighted by molar-refractivity contribution is 7.92. The maximum atomic E-state index is 12.4. The van der Waals surface area contributed by atoms with E-state index in [0.29, 0.717) is 18.0 Å². The number of carbonyl (C=O) groups excluding carboxylic acids is 2. The molecule has 0 aliphatic heterocycles. The average molecular weight is 406 g/mol. The number of benzene rings is 2. The molecule has 2 aromatic rings. The summed E-state index contributed by atoms with van der Waals surface area (Å²) in [4.78, 5) is 24.7. The van der Waals surface area contributed by atoms with Crippen LogP contribution in [-0.2, 0) is 19.6 Å². The summed E-state index contributed by atoms with van der Waals surface area (Å²) in [6, 6.07) is 12.7. The second kappa shape index (κ2) is 9.23. The smallest absolute Gasteiger partial charge is 0.341 e. The molecule has 0 aliphatic carbocycles. The molecule has 150 valence electrons. The number of rotatable bonds is 8. The van der Waals surface area contributed by atoms with E-state index in [4.69, 9.17) is 9.47 Å². The van der Waals surface area contributed by atoms with Gasteiger partial charge in [0.15, 0.2) is 6.10 Å². The van der Waals surface area contributed by atoms with E-state index in [1.807, 2.05) is 6.92 Å². The van der Waals surface area contributed by atoms with E-state index in [1.165, 1.54) is 19.1 Å². The van der Waals surface area contributed by atoms with Crippen molar-refractivity contribution in [2.45, 2.75) is 20.0 Å².